The first kappa shape index (κ1) is 21.7. The minimum absolute atomic E-state index is 0.0747. The van der Waals surface area contributed by atoms with E-state index >= 15 is 0 Å². The Morgan fingerprint density at radius 2 is 1.55 bits per heavy atom. The number of hydrogen-bond donors (Lipinski definition) is 2. The van der Waals surface area contributed by atoms with Crippen molar-refractivity contribution < 1.29 is 22.7 Å². The number of sulfonamides is 1. The number of rotatable bonds is 7. The van der Waals surface area contributed by atoms with Crippen LogP contribution in [0.3, 0.4) is 0 Å². The van der Waals surface area contributed by atoms with Crippen LogP contribution in [-0.2, 0) is 10.0 Å². The number of para-hydroxylation sites is 2. The number of carbonyl (C=O) groups is 1. The van der Waals surface area contributed by atoms with Gasteiger partial charge in [0.15, 0.2) is 0 Å². The molecule has 0 aliphatic carbocycles. The predicted octanol–water partition coefficient (Wildman–Crippen LogP) is 3.63. The van der Waals surface area contributed by atoms with Crippen LogP contribution in [0.1, 0.15) is 15.9 Å². The Bertz CT molecular complexity index is 1250. The molecule has 0 radical (unpaired) electrons. The smallest absolute Gasteiger partial charge is 0.262 e. The number of benzene rings is 3. The van der Waals surface area contributed by atoms with Crippen LogP contribution in [0.5, 0.6) is 11.5 Å². The number of nitrogens with one attached hydrogen (secondary N) is 2. The van der Waals surface area contributed by atoms with Gasteiger partial charge in [0.2, 0.25) is 0 Å². The highest BCUT2D eigenvalue weighted by Crippen LogP contribution is 2.31. The lowest BCUT2D eigenvalue weighted by atomic mass is 10.1. The van der Waals surface area contributed by atoms with Crippen LogP contribution >= 0.6 is 0 Å². The summed E-state index contributed by atoms with van der Waals surface area (Å²) in [6.45, 7) is 0. The Balaban J connectivity index is 1.90. The summed E-state index contributed by atoms with van der Waals surface area (Å²) in [5.74, 6) is 0.183. The molecule has 0 fully saturated rings. The van der Waals surface area contributed by atoms with Gasteiger partial charge in [-0.05, 0) is 54.6 Å². The molecule has 0 atom stereocenters. The normalized spacial score (nSPS) is 10.6. The third-order valence-corrected chi connectivity index (χ3v) is 5.72. The molecule has 158 valence electrons. The topological polar surface area (TPSA) is 118 Å². The van der Waals surface area contributed by atoms with Crippen molar-refractivity contribution in [1.29, 1.82) is 5.26 Å². The second-order valence-electron chi connectivity index (χ2n) is 6.31. The maximum atomic E-state index is 12.9. The van der Waals surface area contributed by atoms with E-state index in [2.05, 4.69) is 10.0 Å². The zero-order valence-electron chi connectivity index (χ0n) is 16.7. The number of hydrogen-bond acceptors (Lipinski definition) is 6. The Hall–Kier alpha value is -4.03. The molecule has 0 aliphatic rings. The van der Waals surface area contributed by atoms with E-state index in [9.17, 15) is 13.2 Å². The van der Waals surface area contributed by atoms with Gasteiger partial charge in [-0.3, -0.25) is 9.52 Å². The first-order valence-electron chi connectivity index (χ1n) is 9.03. The van der Waals surface area contributed by atoms with Gasteiger partial charge in [-0.1, -0.05) is 12.1 Å². The van der Waals surface area contributed by atoms with Crippen molar-refractivity contribution >= 4 is 27.3 Å². The standard InChI is InChI=1S/C22H19N3O5S/c1-29-20-6-4-3-5-18(20)25-31(27,28)17-11-12-21(30-2)19(13-17)24-22(26)16-9-7-15(14-23)8-10-16/h3-13,25H,1-2H3,(H,24,26). The van der Waals surface area contributed by atoms with E-state index in [1.165, 1.54) is 56.7 Å². The highest BCUT2D eigenvalue weighted by molar-refractivity contribution is 7.92. The molecule has 0 bridgehead atoms. The number of ether oxygens (including phenoxy) is 2. The minimum Gasteiger partial charge on any atom is -0.495 e. The first-order valence-corrected chi connectivity index (χ1v) is 10.5. The van der Waals surface area contributed by atoms with Crippen LogP contribution in [0.15, 0.2) is 71.6 Å². The van der Waals surface area contributed by atoms with Crippen molar-refractivity contribution in [2.24, 2.45) is 0 Å². The van der Waals surface area contributed by atoms with Gasteiger partial charge < -0.3 is 14.8 Å². The van der Waals surface area contributed by atoms with Crippen molar-refractivity contribution in [2.45, 2.75) is 4.90 Å². The SMILES string of the molecule is COc1ccc(S(=O)(=O)Nc2ccccc2OC)cc1NC(=O)c1ccc(C#N)cc1. The van der Waals surface area contributed by atoms with E-state index in [1.54, 1.807) is 24.3 Å². The molecule has 0 spiro atoms. The lowest BCUT2D eigenvalue weighted by molar-refractivity contribution is 0.102. The molecular weight excluding hydrogens is 418 g/mol. The van der Waals surface area contributed by atoms with Crippen LogP contribution in [0.25, 0.3) is 0 Å². The molecule has 9 heteroatoms. The first-order chi connectivity index (χ1) is 14.9. The monoisotopic (exact) mass is 437 g/mol. The van der Waals surface area contributed by atoms with Gasteiger partial charge in [-0.25, -0.2) is 8.42 Å². The van der Waals surface area contributed by atoms with Crippen molar-refractivity contribution in [2.75, 3.05) is 24.3 Å². The zero-order valence-corrected chi connectivity index (χ0v) is 17.6. The summed E-state index contributed by atoms with van der Waals surface area (Å²) >= 11 is 0. The van der Waals surface area contributed by atoms with Crippen molar-refractivity contribution in [1.82, 2.24) is 0 Å². The van der Waals surface area contributed by atoms with Gasteiger partial charge >= 0.3 is 0 Å². The van der Waals surface area contributed by atoms with Gasteiger partial charge in [0.1, 0.15) is 11.5 Å². The van der Waals surface area contributed by atoms with Crippen molar-refractivity contribution in [3.8, 4) is 17.6 Å². The molecule has 8 nitrogen and oxygen atoms in total. The van der Waals surface area contributed by atoms with Gasteiger partial charge in [0.05, 0.1) is 42.1 Å². The summed E-state index contributed by atoms with van der Waals surface area (Å²) in [6.07, 6.45) is 0. The Labute approximate surface area is 180 Å². The lowest BCUT2D eigenvalue weighted by Crippen LogP contribution is -2.16. The number of amides is 1. The molecule has 2 N–H and O–H groups in total. The average Bonchev–Trinajstić information content (AvgIpc) is 2.79. The van der Waals surface area contributed by atoms with Crippen LogP contribution in [-0.4, -0.2) is 28.5 Å². The lowest BCUT2D eigenvalue weighted by Gasteiger charge is -2.14. The summed E-state index contributed by atoms with van der Waals surface area (Å²) in [5, 5.41) is 11.5. The fourth-order valence-electron chi connectivity index (χ4n) is 2.78. The summed E-state index contributed by atoms with van der Waals surface area (Å²) in [7, 11) is -1.12. The second-order valence-corrected chi connectivity index (χ2v) is 7.99. The van der Waals surface area contributed by atoms with Crippen molar-refractivity contribution in [3.63, 3.8) is 0 Å². The maximum absolute atomic E-state index is 12.9. The number of methoxy groups -OCH3 is 2. The number of nitriles is 1. The molecule has 0 saturated carbocycles. The Morgan fingerprint density at radius 3 is 2.19 bits per heavy atom. The summed E-state index contributed by atoms with van der Waals surface area (Å²) in [4.78, 5) is 12.5. The summed E-state index contributed by atoms with van der Waals surface area (Å²) < 4.78 is 38.7. The summed E-state index contributed by atoms with van der Waals surface area (Å²) in [5.41, 5.74) is 1.19. The van der Waals surface area contributed by atoms with E-state index in [0.29, 0.717) is 22.6 Å². The molecule has 0 aromatic heterocycles. The van der Waals surface area contributed by atoms with E-state index < -0.39 is 15.9 Å². The third kappa shape index (κ3) is 4.94. The molecule has 3 aromatic rings. The van der Waals surface area contributed by atoms with Gasteiger partial charge in [0, 0.05) is 5.56 Å². The van der Waals surface area contributed by atoms with E-state index in [0.717, 1.165) is 0 Å². The van der Waals surface area contributed by atoms with Gasteiger partial charge in [-0.2, -0.15) is 5.26 Å². The van der Waals surface area contributed by atoms with Crippen LogP contribution in [0.2, 0.25) is 0 Å². The van der Waals surface area contributed by atoms with E-state index in [1.807, 2.05) is 6.07 Å². The maximum Gasteiger partial charge on any atom is 0.262 e. The van der Waals surface area contributed by atoms with Gasteiger partial charge in [-0.15, -0.1) is 0 Å². The molecule has 3 rings (SSSR count). The molecule has 0 unspecified atom stereocenters. The average molecular weight is 437 g/mol. The molecule has 0 heterocycles. The molecule has 1 amide bonds. The highest BCUT2D eigenvalue weighted by Gasteiger charge is 2.19. The fourth-order valence-corrected chi connectivity index (χ4v) is 3.87. The number of nitrogens with zero attached hydrogens (tertiary/aromatic N) is 1. The Kier molecular flexibility index (Phi) is 6.43. The quantitative estimate of drug-likeness (QED) is 0.583. The number of anilines is 2. The molecule has 3 aromatic carbocycles. The number of carbonyl (C=O) groups excluding carboxylic acids is 1. The minimum atomic E-state index is -3.98. The molecule has 0 saturated heterocycles. The second kappa shape index (κ2) is 9.19. The van der Waals surface area contributed by atoms with Gasteiger partial charge in [0.25, 0.3) is 15.9 Å². The molecule has 0 aliphatic heterocycles. The third-order valence-electron chi connectivity index (χ3n) is 4.36. The zero-order chi connectivity index (χ0) is 22.4. The van der Waals surface area contributed by atoms with E-state index in [-0.39, 0.29) is 16.3 Å². The fraction of sp³-hybridized carbons (Fsp3) is 0.0909. The molecular formula is C22H19N3O5S. The van der Waals surface area contributed by atoms with Crippen LogP contribution in [0, 0.1) is 11.3 Å². The van der Waals surface area contributed by atoms with Crippen LogP contribution < -0.4 is 19.5 Å². The Morgan fingerprint density at radius 1 is 0.903 bits per heavy atom. The van der Waals surface area contributed by atoms with E-state index in [4.69, 9.17) is 14.7 Å². The molecule has 31 heavy (non-hydrogen) atoms. The highest BCUT2D eigenvalue weighted by atomic mass is 32.2. The summed E-state index contributed by atoms with van der Waals surface area (Å²) in [6, 6.07) is 18.8. The predicted molar refractivity (Wildman–Crippen MR) is 116 cm³/mol. The van der Waals surface area contributed by atoms with Crippen LogP contribution in [0.4, 0.5) is 11.4 Å². The largest absolute Gasteiger partial charge is 0.495 e. The van der Waals surface area contributed by atoms with Crippen molar-refractivity contribution in [3.05, 3.63) is 77.9 Å².